The van der Waals surface area contributed by atoms with E-state index >= 15 is 0 Å². The van der Waals surface area contributed by atoms with E-state index < -0.39 is 38.1 Å². The van der Waals surface area contributed by atoms with E-state index in [1.165, 1.54) is 24.3 Å². The van der Waals surface area contributed by atoms with Crippen LogP contribution in [0.4, 0.5) is 28.4 Å². The molecule has 0 spiro atoms. The van der Waals surface area contributed by atoms with Crippen LogP contribution < -0.4 is 16.4 Å². The molecule has 0 saturated heterocycles. The van der Waals surface area contributed by atoms with E-state index in [4.69, 9.17) is 5.73 Å². The van der Waals surface area contributed by atoms with Crippen molar-refractivity contribution in [1.29, 1.82) is 0 Å². The number of aromatic carboxylic acids is 1. The van der Waals surface area contributed by atoms with E-state index in [9.17, 15) is 32.5 Å². The van der Waals surface area contributed by atoms with E-state index in [-0.39, 0.29) is 74.6 Å². The van der Waals surface area contributed by atoms with Gasteiger partial charge in [0.2, 0.25) is 0 Å². The number of nitrogens with one attached hydrogen (secondary N) is 2. The molecule has 191 valence electrons. The molecule has 0 aliphatic heterocycles. The van der Waals surface area contributed by atoms with Gasteiger partial charge in [0.1, 0.15) is 4.90 Å². The Labute approximate surface area is 244 Å². The molecule has 0 saturated carbocycles. The SMILES string of the molecule is Nc1c(C(=O)O)cc(Nc2ccc(Nc3ccccc3)c(S(=O)(=O)O)c2)c2c1C(=O)c1ccccc1C2=O.[Na]. The Morgan fingerprint density at radius 3 is 1.90 bits per heavy atom. The maximum atomic E-state index is 13.4. The number of carboxylic acid groups (broad SMARTS) is 1. The number of carboxylic acids is 1. The first kappa shape index (κ1) is 28.0. The first-order chi connectivity index (χ1) is 18.1. The number of hydrogen-bond acceptors (Lipinski definition) is 8. The number of ketones is 2. The standard InChI is InChI=1S/C27H19N3O7S.Na/c28-24-18(27(33)34)13-20(22-23(24)26(32)17-9-5-4-8-16(17)25(22)31)30-15-10-11-19(21(12-15)38(35,36)37)29-14-6-2-1-3-7-14;/h1-13,29-30H,28H2,(H,33,34)(H,35,36,37);. The molecule has 5 rings (SSSR count). The third-order valence-electron chi connectivity index (χ3n) is 6.06. The van der Waals surface area contributed by atoms with Crippen LogP contribution in [-0.4, -0.2) is 65.2 Å². The summed E-state index contributed by atoms with van der Waals surface area (Å²) >= 11 is 0. The summed E-state index contributed by atoms with van der Waals surface area (Å²) in [4.78, 5) is 38.2. The average Bonchev–Trinajstić information content (AvgIpc) is 2.88. The molecule has 6 N–H and O–H groups in total. The number of fused-ring (bicyclic) bond motifs is 2. The van der Waals surface area contributed by atoms with Gasteiger partial charge in [-0.2, -0.15) is 8.42 Å². The number of hydrogen-bond donors (Lipinski definition) is 5. The van der Waals surface area contributed by atoms with Crippen molar-refractivity contribution in [2.75, 3.05) is 16.4 Å². The number of rotatable bonds is 6. The van der Waals surface area contributed by atoms with Crippen molar-refractivity contribution in [2.24, 2.45) is 0 Å². The van der Waals surface area contributed by atoms with Crippen LogP contribution in [0.1, 0.15) is 42.2 Å². The van der Waals surface area contributed by atoms with E-state index in [2.05, 4.69) is 10.6 Å². The summed E-state index contributed by atoms with van der Waals surface area (Å²) in [5, 5.41) is 15.5. The molecule has 0 fully saturated rings. The van der Waals surface area contributed by atoms with Crippen LogP contribution in [0, 0.1) is 0 Å². The van der Waals surface area contributed by atoms with Crippen molar-refractivity contribution < 1.29 is 32.5 Å². The summed E-state index contributed by atoms with van der Waals surface area (Å²) in [5.74, 6) is -2.59. The van der Waals surface area contributed by atoms with Gasteiger partial charge in [0.25, 0.3) is 10.1 Å². The van der Waals surface area contributed by atoms with Crippen molar-refractivity contribution in [3.8, 4) is 0 Å². The third kappa shape index (κ3) is 5.18. The predicted molar refractivity (Wildman–Crippen MR) is 146 cm³/mol. The number of anilines is 5. The van der Waals surface area contributed by atoms with Gasteiger partial charge in [-0.1, -0.05) is 42.5 Å². The monoisotopic (exact) mass is 552 g/mol. The molecule has 12 heteroatoms. The minimum atomic E-state index is -4.71. The van der Waals surface area contributed by atoms with Crippen LogP contribution in [0.25, 0.3) is 0 Å². The Bertz CT molecular complexity index is 1770. The summed E-state index contributed by atoms with van der Waals surface area (Å²) < 4.78 is 34.3. The first-order valence-electron chi connectivity index (χ1n) is 11.1. The van der Waals surface area contributed by atoms with Crippen molar-refractivity contribution >= 4 is 85.6 Å². The van der Waals surface area contributed by atoms with Crippen LogP contribution in [0.3, 0.4) is 0 Å². The Morgan fingerprint density at radius 1 is 0.744 bits per heavy atom. The molecule has 0 amide bonds. The van der Waals surface area contributed by atoms with Crippen LogP contribution in [0.15, 0.2) is 83.8 Å². The largest absolute Gasteiger partial charge is 0.478 e. The molecule has 1 aliphatic rings. The number of carbonyl (C=O) groups excluding carboxylic acids is 2. The summed E-state index contributed by atoms with van der Waals surface area (Å²) in [5.41, 5.74) is 5.78. The van der Waals surface area contributed by atoms with Crippen molar-refractivity contribution in [3.63, 3.8) is 0 Å². The molecule has 0 unspecified atom stereocenters. The maximum Gasteiger partial charge on any atom is 0.337 e. The van der Waals surface area contributed by atoms with E-state index in [0.29, 0.717) is 5.69 Å². The fourth-order valence-electron chi connectivity index (χ4n) is 4.34. The Morgan fingerprint density at radius 2 is 1.31 bits per heavy atom. The van der Waals surface area contributed by atoms with Gasteiger partial charge in [-0.05, 0) is 36.4 Å². The van der Waals surface area contributed by atoms with Gasteiger partial charge in [-0.15, -0.1) is 0 Å². The normalized spacial score (nSPS) is 12.1. The summed E-state index contributed by atoms with van der Waals surface area (Å²) in [6.07, 6.45) is 0. The molecule has 0 bridgehead atoms. The molecule has 1 aliphatic carbocycles. The molecule has 4 aromatic rings. The zero-order valence-corrected chi connectivity index (χ0v) is 23.2. The molecule has 10 nitrogen and oxygen atoms in total. The fraction of sp³-hybridized carbons (Fsp3) is 0. The van der Waals surface area contributed by atoms with Crippen LogP contribution in [0.2, 0.25) is 0 Å². The second kappa shape index (κ2) is 10.6. The van der Waals surface area contributed by atoms with E-state index in [1.54, 1.807) is 42.5 Å². The zero-order chi connectivity index (χ0) is 27.2. The quantitative estimate of drug-likeness (QED) is 0.117. The first-order valence-corrected chi connectivity index (χ1v) is 12.6. The van der Waals surface area contributed by atoms with Gasteiger partial charge in [-0.25, -0.2) is 4.79 Å². The Hall–Kier alpha value is -4.00. The molecular weight excluding hydrogens is 533 g/mol. The average molecular weight is 553 g/mol. The topological polar surface area (TPSA) is 176 Å². The number of carbonyl (C=O) groups is 3. The van der Waals surface area contributed by atoms with Crippen molar-refractivity contribution in [1.82, 2.24) is 0 Å². The number of benzene rings is 4. The molecular formula is C27H19N3NaO7S. The minimum Gasteiger partial charge on any atom is -0.478 e. The summed E-state index contributed by atoms with van der Waals surface area (Å²) in [7, 11) is -4.71. The van der Waals surface area contributed by atoms with Gasteiger partial charge in [0.05, 0.1) is 33.8 Å². The number of nitrogen functional groups attached to an aromatic ring is 1. The third-order valence-corrected chi connectivity index (χ3v) is 6.95. The van der Waals surface area contributed by atoms with Crippen LogP contribution >= 0.6 is 0 Å². The predicted octanol–water partition coefficient (Wildman–Crippen LogP) is 4.10. The Balaban J connectivity index is 0.00000353. The van der Waals surface area contributed by atoms with Crippen molar-refractivity contribution in [3.05, 3.63) is 107 Å². The van der Waals surface area contributed by atoms with Gasteiger partial charge < -0.3 is 21.5 Å². The summed E-state index contributed by atoms with van der Waals surface area (Å²) in [6.45, 7) is 0. The van der Waals surface area contributed by atoms with E-state index in [0.717, 1.165) is 12.1 Å². The fourth-order valence-corrected chi connectivity index (χ4v) is 5.02. The van der Waals surface area contributed by atoms with E-state index in [1.807, 2.05) is 0 Å². The zero-order valence-electron chi connectivity index (χ0n) is 20.4. The van der Waals surface area contributed by atoms with Crippen molar-refractivity contribution in [2.45, 2.75) is 4.90 Å². The van der Waals surface area contributed by atoms with Crippen LogP contribution in [-0.2, 0) is 10.1 Å². The molecule has 0 heterocycles. The van der Waals surface area contributed by atoms with Gasteiger partial charge in [0.15, 0.2) is 11.6 Å². The van der Waals surface area contributed by atoms with Gasteiger partial charge >= 0.3 is 5.97 Å². The molecule has 0 aromatic heterocycles. The summed E-state index contributed by atoms with van der Waals surface area (Å²) in [6, 6.07) is 19.9. The molecule has 0 atom stereocenters. The maximum absolute atomic E-state index is 13.4. The number of para-hydroxylation sites is 1. The van der Waals surface area contributed by atoms with Crippen LogP contribution in [0.5, 0.6) is 0 Å². The van der Waals surface area contributed by atoms with Gasteiger partial charge in [-0.3, -0.25) is 14.1 Å². The second-order valence-electron chi connectivity index (χ2n) is 8.45. The Kier molecular flexibility index (Phi) is 7.64. The molecule has 4 aromatic carbocycles. The molecule has 39 heavy (non-hydrogen) atoms. The minimum absolute atomic E-state index is 0. The van der Waals surface area contributed by atoms with Gasteiger partial charge in [0, 0.05) is 52.1 Å². The molecule has 1 radical (unpaired) electrons. The second-order valence-corrected chi connectivity index (χ2v) is 9.84. The smallest absolute Gasteiger partial charge is 0.337 e. The number of nitrogens with two attached hydrogens (primary N) is 1.